The van der Waals surface area contributed by atoms with Crippen molar-refractivity contribution in [3.05, 3.63) is 54.6 Å². The molecular formula is C13H11N5O3. The number of nitrogens with zero attached hydrogens (tertiary/aromatic N) is 4. The smallest absolute Gasteiger partial charge is 0.338 e. The molecule has 0 amide bonds. The van der Waals surface area contributed by atoms with Gasteiger partial charge in [-0.05, 0) is 18.2 Å². The summed E-state index contributed by atoms with van der Waals surface area (Å²) >= 11 is 0. The first kappa shape index (κ1) is 12.9. The molecule has 0 spiro atoms. The second kappa shape index (κ2) is 5.45. The normalized spacial score (nSPS) is 10.5. The monoisotopic (exact) mass is 285 g/mol. The molecule has 0 radical (unpaired) electrons. The minimum absolute atomic E-state index is 0.120. The first-order chi connectivity index (χ1) is 10.2. The van der Waals surface area contributed by atoms with Crippen molar-refractivity contribution in [2.45, 2.75) is 6.54 Å². The fourth-order valence-corrected chi connectivity index (χ4v) is 1.80. The summed E-state index contributed by atoms with van der Waals surface area (Å²) in [6.07, 6.45) is 5.83. The van der Waals surface area contributed by atoms with Crippen LogP contribution in [0.1, 0.15) is 16.1 Å². The Labute approximate surface area is 119 Å². The van der Waals surface area contributed by atoms with Gasteiger partial charge in [0.15, 0.2) is 5.82 Å². The maximum absolute atomic E-state index is 10.8. The molecule has 0 aliphatic rings. The predicted molar refractivity (Wildman–Crippen MR) is 72.1 cm³/mol. The molecule has 0 fully saturated rings. The lowest BCUT2D eigenvalue weighted by atomic mass is 10.3. The lowest BCUT2D eigenvalue weighted by Gasteiger charge is -2.09. The molecule has 0 bridgehead atoms. The van der Waals surface area contributed by atoms with Crippen molar-refractivity contribution in [2.75, 3.05) is 5.32 Å². The Bertz CT molecular complexity index is 751. The van der Waals surface area contributed by atoms with Gasteiger partial charge in [-0.1, -0.05) is 0 Å². The third-order valence-corrected chi connectivity index (χ3v) is 2.78. The Morgan fingerprint density at radius 1 is 1.48 bits per heavy atom. The highest BCUT2D eigenvalue weighted by Crippen LogP contribution is 2.17. The van der Waals surface area contributed by atoms with Gasteiger partial charge in [-0.15, -0.1) is 0 Å². The maximum Gasteiger partial charge on any atom is 0.338 e. The average molecular weight is 285 g/mol. The van der Waals surface area contributed by atoms with E-state index in [1.165, 1.54) is 23.3 Å². The SMILES string of the molecule is O=C(O)c1coc(CNc2cccnc2-n2cncn2)c1. The van der Waals surface area contributed by atoms with Gasteiger partial charge in [0.2, 0.25) is 0 Å². The predicted octanol–water partition coefficient (Wildman–Crippen LogP) is 1.57. The number of furan rings is 1. The molecule has 2 N–H and O–H groups in total. The minimum Gasteiger partial charge on any atom is -0.478 e. The Hall–Kier alpha value is -3.16. The van der Waals surface area contributed by atoms with Gasteiger partial charge in [0.25, 0.3) is 0 Å². The van der Waals surface area contributed by atoms with Crippen LogP contribution < -0.4 is 5.32 Å². The summed E-state index contributed by atoms with van der Waals surface area (Å²) in [5, 5.41) is 16.0. The number of anilines is 1. The molecule has 21 heavy (non-hydrogen) atoms. The van der Waals surface area contributed by atoms with E-state index in [4.69, 9.17) is 9.52 Å². The van der Waals surface area contributed by atoms with Crippen molar-refractivity contribution < 1.29 is 14.3 Å². The van der Waals surface area contributed by atoms with E-state index in [2.05, 4.69) is 20.4 Å². The Morgan fingerprint density at radius 2 is 2.38 bits per heavy atom. The summed E-state index contributed by atoms with van der Waals surface area (Å²) in [7, 11) is 0. The lowest BCUT2D eigenvalue weighted by molar-refractivity contribution is 0.0696. The van der Waals surface area contributed by atoms with Crippen molar-refractivity contribution >= 4 is 11.7 Å². The fraction of sp³-hybridized carbons (Fsp3) is 0.0769. The van der Waals surface area contributed by atoms with Gasteiger partial charge in [0.1, 0.15) is 24.7 Å². The second-order valence-electron chi connectivity index (χ2n) is 4.18. The number of nitrogens with one attached hydrogen (secondary N) is 1. The molecule has 8 heteroatoms. The van der Waals surface area contributed by atoms with Gasteiger partial charge in [0.05, 0.1) is 17.8 Å². The Morgan fingerprint density at radius 3 is 3.10 bits per heavy atom. The van der Waals surface area contributed by atoms with E-state index in [1.54, 1.807) is 18.6 Å². The first-order valence-corrected chi connectivity index (χ1v) is 6.08. The van der Waals surface area contributed by atoms with Crippen LogP contribution in [0.2, 0.25) is 0 Å². The van der Waals surface area contributed by atoms with Crippen LogP contribution in [0.3, 0.4) is 0 Å². The summed E-state index contributed by atoms with van der Waals surface area (Å²) in [4.78, 5) is 18.9. The van der Waals surface area contributed by atoms with Crippen molar-refractivity contribution in [1.82, 2.24) is 19.7 Å². The molecule has 0 aromatic carbocycles. The highest BCUT2D eigenvalue weighted by atomic mass is 16.4. The molecular weight excluding hydrogens is 274 g/mol. The number of hydrogen-bond acceptors (Lipinski definition) is 6. The largest absolute Gasteiger partial charge is 0.478 e. The van der Waals surface area contributed by atoms with Crippen molar-refractivity contribution in [2.24, 2.45) is 0 Å². The number of aromatic nitrogens is 4. The molecule has 0 aliphatic heterocycles. The van der Waals surface area contributed by atoms with Crippen LogP contribution in [0, 0.1) is 0 Å². The molecule has 0 aliphatic carbocycles. The lowest BCUT2D eigenvalue weighted by Crippen LogP contribution is -2.06. The zero-order valence-corrected chi connectivity index (χ0v) is 10.8. The van der Waals surface area contributed by atoms with Gasteiger partial charge in [0, 0.05) is 6.20 Å². The Kier molecular flexibility index (Phi) is 3.34. The van der Waals surface area contributed by atoms with E-state index in [0.717, 1.165) is 5.69 Å². The van der Waals surface area contributed by atoms with Crippen molar-refractivity contribution in [3.8, 4) is 5.82 Å². The van der Waals surface area contributed by atoms with Crippen LogP contribution in [0.25, 0.3) is 5.82 Å². The van der Waals surface area contributed by atoms with E-state index in [9.17, 15) is 4.79 Å². The minimum atomic E-state index is -1.02. The summed E-state index contributed by atoms with van der Waals surface area (Å²) in [5.74, 6) is 0.0930. The molecule has 3 heterocycles. The van der Waals surface area contributed by atoms with Crippen LogP contribution in [0.5, 0.6) is 0 Å². The standard InChI is InChI=1S/C13H11N5O3/c19-13(20)9-4-10(21-6-9)5-16-11-2-1-3-15-12(11)18-8-14-7-17-18/h1-4,6-8,16H,5H2,(H,19,20). The highest BCUT2D eigenvalue weighted by Gasteiger charge is 2.10. The quantitative estimate of drug-likeness (QED) is 0.732. The van der Waals surface area contributed by atoms with E-state index < -0.39 is 5.97 Å². The summed E-state index contributed by atoms with van der Waals surface area (Å²) in [6, 6.07) is 5.10. The number of aromatic carboxylic acids is 1. The zero-order chi connectivity index (χ0) is 14.7. The molecule has 8 nitrogen and oxygen atoms in total. The zero-order valence-electron chi connectivity index (χ0n) is 10.8. The van der Waals surface area contributed by atoms with Gasteiger partial charge in [-0.25, -0.2) is 19.4 Å². The van der Waals surface area contributed by atoms with Crippen molar-refractivity contribution in [1.29, 1.82) is 0 Å². The highest BCUT2D eigenvalue weighted by molar-refractivity contribution is 5.87. The topological polar surface area (TPSA) is 106 Å². The number of pyridine rings is 1. The maximum atomic E-state index is 10.8. The number of rotatable bonds is 5. The van der Waals surface area contributed by atoms with Crippen LogP contribution in [-0.4, -0.2) is 30.8 Å². The molecule has 0 saturated heterocycles. The van der Waals surface area contributed by atoms with E-state index in [0.29, 0.717) is 18.1 Å². The van der Waals surface area contributed by atoms with Crippen LogP contribution in [-0.2, 0) is 6.54 Å². The molecule has 0 saturated carbocycles. The van der Waals surface area contributed by atoms with E-state index >= 15 is 0 Å². The number of hydrogen-bond donors (Lipinski definition) is 2. The second-order valence-corrected chi connectivity index (χ2v) is 4.18. The Balaban J connectivity index is 1.77. The number of carboxylic acids is 1. The third-order valence-electron chi connectivity index (χ3n) is 2.78. The third kappa shape index (κ3) is 2.73. The van der Waals surface area contributed by atoms with Crippen molar-refractivity contribution in [3.63, 3.8) is 0 Å². The molecule has 3 rings (SSSR count). The number of carbonyl (C=O) groups is 1. The van der Waals surface area contributed by atoms with Gasteiger partial charge >= 0.3 is 5.97 Å². The first-order valence-electron chi connectivity index (χ1n) is 6.08. The summed E-state index contributed by atoms with van der Waals surface area (Å²) in [6.45, 7) is 0.334. The molecule has 3 aromatic rings. The van der Waals surface area contributed by atoms with Crippen LogP contribution in [0.4, 0.5) is 5.69 Å². The van der Waals surface area contributed by atoms with Gasteiger partial charge in [-0.2, -0.15) is 5.10 Å². The molecule has 0 unspecified atom stereocenters. The molecule has 106 valence electrons. The summed E-state index contributed by atoms with van der Waals surface area (Å²) in [5.41, 5.74) is 0.853. The van der Waals surface area contributed by atoms with Gasteiger partial charge < -0.3 is 14.8 Å². The average Bonchev–Trinajstić information content (AvgIpc) is 3.17. The van der Waals surface area contributed by atoms with Gasteiger partial charge in [-0.3, -0.25) is 0 Å². The van der Waals surface area contributed by atoms with Crippen LogP contribution >= 0.6 is 0 Å². The van der Waals surface area contributed by atoms with E-state index in [-0.39, 0.29) is 5.56 Å². The van der Waals surface area contributed by atoms with Crippen LogP contribution in [0.15, 0.2) is 47.7 Å². The molecule has 0 atom stereocenters. The fourth-order valence-electron chi connectivity index (χ4n) is 1.80. The molecule has 3 aromatic heterocycles. The number of carboxylic acid groups (broad SMARTS) is 1. The summed E-state index contributed by atoms with van der Waals surface area (Å²) < 4.78 is 6.71. The van der Waals surface area contributed by atoms with E-state index in [1.807, 2.05) is 6.07 Å².